The number of aromatic nitrogens is 4. The highest BCUT2D eigenvalue weighted by Crippen LogP contribution is 2.34. The number of nitrogens with two attached hydrogens (primary N) is 1. The summed E-state index contributed by atoms with van der Waals surface area (Å²) >= 11 is 6.10. The summed E-state index contributed by atoms with van der Waals surface area (Å²) < 4.78 is 38.6. The first-order chi connectivity index (χ1) is 15.7. The number of alkyl halides is 3. The number of halogens is 4. The summed E-state index contributed by atoms with van der Waals surface area (Å²) in [4.78, 5) is 21.0. The van der Waals surface area contributed by atoms with Gasteiger partial charge in [0, 0.05) is 38.1 Å². The lowest BCUT2D eigenvalue weighted by atomic mass is 10.2. The first kappa shape index (κ1) is 23.0. The average Bonchev–Trinajstić information content (AvgIpc) is 2.78. The van der Waals surface area contributed by atoms with Crippen LogP contribution in [0.25, 0.3) is 0 Å². The zero-order valence-corrected chi connectivity index (χ0v) is 18.5. The minimum Gasteiger partial charge on any atom is -0.368 e. The van der Waals surface area contributed by atoms with Crippen LogP contribution < -0.4 is 16.0 Å². The summed E-state index contributed by atoms with van der Waals surface area (Å²) in [5, 5.41) is 3.10. The molecule has 1 atom stereocenters. The number of nitrogens with one attached hydrogen (secondary N) is 1. The third-order valence-corrected chi connectivity index (χ3v) is 5.66. The number of pyridine rings is 1. The van der Waals surface area contributed by atoms with Gasteiger partial charge in [0.25, 0.3) is 0 Å². The molecule has 1 fully saturated rings. The zero-order chi connectivity index (χ0) is 23.6. The number of benzene rings is 1. The molecule has 0 spiro atoms. The van der Waals surface area contributed by atoms with Gasteiger partial charge in [-0.3, -0.25) is 4.90 Å². The van der Waals surface area contributed by atoms with E-state index in [2.05, 4.69) is 30.2 Å². The van der Waals surface area contributed by atoms with Gasteiger partial charge in [-0.1, -0.05) is 29.8 Å². The van der Waals surface area contributed by atoms with Crippen LogP contribution in [0.1, 0.15) is 24.4 Å². The van der Waals surface area contributed by atoms with Crippen LogP contribution in [0, 0.1) is 0 Å². The van der Waals surface area contributed by atoms with Crippen molar-refractivity contribution in [1.82, 2.24) is 24.8 Å². The van der Waals surface area contributed by atoms with Crippen molar-refractivity contribution in [2.75, 3.05) is 42.1 Å². The molecule has 1 aromatic carbocycles. The molecule has 2 aromatic heterocycles. The van der Waals surface area contributed by atoms with Crippen LogP contribution >= 0.6 is 11.6 Å². The van der Waals surface area contributed by atoms with Crippen molar-refractivity contribution in [3.05, 3.63) is 59.0 Å². The number of nitrogen functional groups attached to an aromatic ring is 1. The van der Waals surface area contributed by atoms with Gasteiger partial charge in [-0.15, -0.1) is 0 Å². The highest BCUT2D eigenvalue weighted by molar-refractivity contribution is 6.33. The van der Waals surface area contributed by atoms with E-state index in [0.717, 1.165) is 18.0 Å². The molecule has 3 aromatic rings. The molecule has 174 valence electrons. The summed E-state index contributed by atoms with van der Waals surface area (Å²) in [5.41, 5.74) is 5.87. The van der Waals surface area contributed by atoms with Crippen LogP contribution in [-0.4, -0.2) is 51.0 Å². The Labute approximate surface area is 193 Å². The van der Waals surface area contributed by atoms with Gasteiger partial charge in [-0.05, 0) is 25.1 Å². The topological polar surface area (TPSA) is 96.1 Å². The fourth-order valence-electron chi connectivity index (χ4n) is 3.61. The zero-order valence-electron chi connectivity index (χ0n) is 17.7. The molecular formula is C21H22ClF3N8. The lowest BCUT2D eigenvalue weighted by molar-refractivity contribution is -0.137. The standard InChI is InChI=1S/C21H22ClF3N8/c1-13(17-29-19(26)31-20(30-17)28-15-5-3-2-4-6-15)32-7-9-33(10-8-32)18-16(22)11-14(12-27-18)21(23,24)25/h2-6,11-13H,7-10H2,1H3,(H3,26,28,29,30,31). The normalized spacial score (nSPS) is 16.0. The first-order valence-electron chi connectivity index (χ1n) is 10.3. The summed E-state index contributed by atoms with van der Waals surface area (Å²) in [6.45, 7) is 4.29. The van der Waals surface area contributed by atoms with E-state index in [9.17, 15) is 13.2 Å². The number of rotatable bonds is 5. The molecule has 4 rings (SSSR count). The fraction of sp³-hybridized carbons (Fsp3) is 0.333. The smallest absolute Gasteiger partial charge is 0.368 e. The van der Waals surface area contributed by atoms with Gasteiger partial charge in [-0.25, -0.2) is 4.98 Å². The maximum absolute atomic E-state index is 12.9. The van der Waals surface area contributed by atoms with Crippen LogP contribution in [0.5, 0.6) is 0 Å². The molecule has 3 heterocycles. The second kappa shape index (κ2) is 9.36. The molecule has 12 heteroatoms. The summed E-state index contributed by atoms with van der Waals surface area (Å²) in [7, 11) is 0. The molecule has 0 saturated carbocycles. The summed E-state index contributed by atoms with van der Waals surface area (Å²) in [5.74, 6) is 1.34. The van der Waals surface area contributed by atoms with Crippen LogP contribution in [0.15, 0.2) is 42.6 Å². The molecule has 0 amide bonds. The van der Waals surface area contributed by atoms with Crippen LogP contribution in [0.2, 0.25) is 5.02 Å². The number of hydrogen-bond donors (Lipinski definition) is 2. The average molecular weight is 479 g/mol. The first-order valence-corrected chi connectivity index (χ1v) is 10.6. The molecule has 1 unspecified atom stereocenters. The molecule has 1 aliphatic rings. The lowest BCUT2D eigenvalue weighted by Crippen LogP contribution is -2.47. The maximum Gasteiger partial charge on any atom is 0.417 e. The van der Waals surface area contributed by atoms with Gasteiger partial charge in [0.1, 0.15) is 5.82 Å². The van der Waals surface area contributed by atoms with Gasteiger partial charge < -0.3 is 16.0 Å². The Hall–Kier alpha value is -3.18. The second-order valence-corrected chi connectivity index (χ2v) is 8.00. The Morgan fingerprint density at radius 3 is 2.39 bits per heavy atom. The lowest BCUT2D eigenvalue weighted by Gasteiger charge is -2.38. The molecule has 0 bridgehead atoms. The molecule has 0 radical (unpaired) electrons. The monoisotopic (exact) mass is 478 g/mol. The molecule has 1 aliphatic heterocycles. The predicted octanol–water partition coefficient (Wildman–Crippen LogP) is 4.15. The van der Waals surface area contributed by atoms with E-state index in [1.165, 1.54) is 0 Å². The maximum atomic E-state index is 12.9. The number of para-hydroxylation sites is 1. The van der Waals surface area contributed by atoms with E-state index in [1.807, 2.05) is 42.2 Å². The van der Waals surface area contributed by atoms with Gasteiger partial charge in [-0.2, -0.15) is 28.1 Å². The Kier molecular flexibility index (Phi) is 6.52. The molecule has 1 saturated heterocycles. The number of anilines is 4. The van der Waals surface area contributed by atoms with Crippen molar-refractivity contribution in [1.29, 1.82) is 0 Å². The van der Waals surface area contributed by atoms with E-state index in [4.69, 9.17) is 17.3 Å². The van der Waals surface area contributed by atoms with Gasteiger partial charge in [0.05, 0.1) is 16.6 Å². The Morgan fingerprint density at radius 2 is 1.76 bits per heavy atom. The van der Waals surface area contributed by atoms with E-state index in [0.29, 0.717) is 43.8 Å². The van der Waals surface area contributed by atoms with Crippen LogP contribution in [-0.2, 0) is 6.18 Å². The van der Waals surface area contributed by atoms with Crippen LogP contribution in [0.4, 0.5) is 36.6 Å². The largest absolute Gasteiger partial charge is 0.417 e. The highest BCUT2D eigenvalue weighted by Gasteiger charge is 2.32. The van der Waals surface area contributed by atoms with Gasteiger partial charge in [0.2, 0.25) is 11.9 Å². The Balaban J connectivity index is 1.43. The van der Waals surface area contributed by atoms with Gasteiger partial charge in [0.15, 0.2) is 5.82 Å². The highest BCUT2D eigenvalue weighted by atomic mass is 35.5. The van der Waals surface area contributed by atoms with E-state index in [1.54, 1.807) is 0 Å². The van der Waals surface area contributed by atoms with Crippen molar-refractivity contribution >= 4 is 35.0 Å². The second-order valence-electron chi connectivity index (χ2n) is 7.59. The van der Waals surface area contributed by atoms with Crippen molar-refractivity contribution in [2.24, 2.45) is 0 Å². The minimum absolute atomic E-state index is 0.0202. The van der Waals surface area contributed by atoms with E-state index < -0.39 is 11.7 Å². The van der Waals surface area contributed by atoms with Crippen molar-refractivity contribution in [3.63, 3.8) is 0 Å². The van der Waals surface area contributed by atoms with Crippen molar-refractivity contribution in [3.8, 4) is 0 Å². The number of piperazine rings is 1. The molecule has 8 nitrogen and oxygen atoms in total. The van der Waals surface area contributed by atoms with Crippen LogP contribution in [0.3, 0.4) is 0 Å². The summed E-state index contributed by atoms with van der Waals surface area (Å²) in [6, 6.07) is 10.2. The minimum atomic E-state index is -4.48. The number of hydrogen-bond acceptors (Lipinski definition) is 8. The Morgan fingerprint density at radius 1 is 1.06 bits per heavy atom. The quantitative estimate of drug-likeness (QED) is 0.564. The predicted molar refractivity (Wildman–Crippen MR) is 120 cm³/mol. The van der Waals surface area contributed by atoms with Crippen molar-refractivity contribution in [2.45, 2.75) is 19.1 Å². The van der Waals surface area contributed by atoms with Gasteiger partial charge >= 0.3 is 6.18 Å². The molecule has 3 N–H and O–H groups in total. The third-order valence-electron chi connectivity index (χ3n) is 5.38. The van der Waals surface area contributed by atoms with E-state index >= 15 is 0 Å². The summed E-state index contributed by atoms with van der Waals surface area (Å²) in [6.07, 6.45) is -3.67. The van der Waals surface area contributed by atoms with Crippen molar-refractivity contribution < 1.29 is 13.2 Å². The third kappa shape index (κ3) is 5.42. The fourth-order valence-corrected chi connectivity index (χ4v) is 3.89. The SMILES string of the molecule is CC(c1nc(N)nc(Nc2ccccc2)n1)N1CCN(c2ncc(C(F)(F)F)cc2Cl)CC1. The number of nitrogens with zero attached hydrogens (tertiary/aromatic N) is 6. The Bertz CT molecular complexity index is 1100. The molecular weight excluding hydrogens is 457 g/mol. The molecule has 0 aliphatic carbocycles. The van der Waals surface area contributed by atoms with E-state index in [-0.39, 0.29) is 17.0 Å². The molecule has 33 heavy (non-hydrogen) atoms.